The highest BCUT2D eigenvalue weighted by molar-refractivity contribution is 5.81. The maximum atomic E-state index is 12.1. The largest absolute Gasteiger partial charge is 0.450 e. The predicted octanol–water partition coefficient (Wildman–Crippen LogP) is 3.15. The molecule has 0 radical (unpaired) electrons. The van der Waals surface area contributed by atoms with Gasteiger partial charge >= 0.3 is 6.09 Å². The van der Waals surface area contributed by atoms with E-state index in [0.717, 1.165) is 35.5 Å². The Balaban J connectivity index is 1.53. The lowest BCUT2D eigenvalue weighted by Crippen LogP contribution is -2.40. The van der Waals surface area contributed by atoms with Gasteiger partial charge in [0.05, 0.1) is 30.4 Å². The summed E-state index contributed by atoms with van der Waals surface area (Å²) in [7, 11) is 0. The Labute approximate surface area is 177 Å². The molecule has 10 nitrogen and oxygen atoms in total. The standard InChI is InChI=1S/C21H21N7O3/c1-2-30-21(29)28-8-6-12(7-9-28)18-14(10-22)17(15-11-23-25-20(15)24-18)13-4-3-5-16-19(13)27-31-26-16/h3-5,11-12,17H,2,6-9H2,1H3,(H2,23,24,25). The number of nitrogens with zero attached hydrogens (tertiary/aromatic N) is 5. The molecule has 0 bridgehead atoms. The second kappa shape index (κ2) is 7.75. The van der Waals surface area contributed by atoms with E-state index in [-0.39, 0.29) is 17.9 Å². The fourth-order valence-corrected chi connectivity index (χ4v) is 4.52. The van der Waals surface area contributed by atoms with Crippen molar-refractivity contribution in [3.05, 3.63) is 46.8 Å². The van der Waals surface area contributed by atoms with E-state index in [4.69, 9.17) is 9.37 Å². The van der Waals surface area contributed by atoms with E-state index in [2.05, 4.69) is 31.9 Å². The molecule has 10 heteroatoms. The monoisotopic (exact) mass is 419 g/mol. The van der Waals surface area contributed by atoms with Crippen LogP contribution in [0.4, 0.5) is 10.6 Å². The molecular formula is C21H21N7O3. The molecule has 4 heterocycles. The normalized spacial score (nSPS) is 19.1. The van der Waals surface area contributed by atoms with Crippen molar-refractivity contribution in [1.29, 1.82) is 5.26 Å². The molecule has 0 spiro atoms. The first kappa shape index (κ1) is 19.1. The molecule has 2 aliphatic rings. The number of nitriles is 1. The number of benzene rings is 1. The summed E-state index contributed by atoms with van der Waals surface area (Å²) in [6.45, 7) is 3.32. The Morgan fingerprint density at radius 2 is 2.16 bits per heavy atom. The SMILES string of the molecule is CCOC(=O)N1CCC(C2=C(C#N)C(c3cccc4nonc34)c3cn[nH]c3N2)CC1. The molecule has 5 rings (SSSR count). The summed E-state index contributed by atoms with van der Waals surface area (Å²) in [4.78, 5) is 13.8. The van der Waals surface area contributed by atoms with Gasteiger partial charge in [0, 0.05) is 30.3 Å². The van der Waals surface area contributed by atoms with Crippen LogP contribution < -0.4 is 5.32 Å². The quantitative estimate of drug-likeness (QED) is 0.661. The van der Waals surface area contributed by atoms with Crippen LogP contribution in [0.2, 0.25) is 0 Å². The number of aromatic amines is 1. The second-order valence-corrected chi connectivity index (χ2v) is 7.64. The minimum Gasteiger partial charge on any atom is -0.450 e. The van der Waals surface area contributed by atoms with Crippen LogP contribution in [-0.4, -0.2) is 51.2 Å². The maximum absolute atomic E-state index is 12.1. The van der Waals surface area contributed by atoms with Crippen molar-refractivity contribution in [3.63, 3.8) is 0 Å². The van der Waals surface area contributed by atoms with Gasteiger partial charge in [0.1, 0.15) is 16.9 Å². The number of carbonyl (C=O) groups is 1. The van der Waals surface area contributed by atoms with Gasteiger partial charge in [0.2, 0.25) is 0 Å². The van der Waals surface area contributed by atoms with E-state index >= 15 is 0 Å². The van der Waals surface area contributed by atoms with Crippen LogP contribution in [-0.2, 0) is 4.74 Å². The van der Waals surface area contributed by atoms with Crippen molar-refractivity contribution in [2.24, 2.45) is 5.92 Å². The molecule has 0 saturated carbocycles. The third-order valence-electron chi connectivity index (χ3n) is 6.00. The van der Waals surface area contributed by atoms with Crippen LogP contribution >= 0.6 is 0 Å². The number of nitrogens with one attached hydrogen (secondary N) is 2. The number of ether oxygens (including phenoxy) is 1. The molecule has 3 aromatic rings. The molecule has 1 aromatic carbocycles. The molecule has 2 N–H and O–H groups in total. The lowest BCUT2D eigenvalue weighted by molar-refractivity contribution is 0.0945. The fourth-order valence-electron chi connectivity index (χ4n) is 4.52. The molecule has 1 saturated heterocycles. The van der Waals surface area contributed by atoms with Gasteiger partial charge in [-0.2, -0.15) is 10.4 Å². The Kier molecular flexibility index (Phi) is 4.78. The third-order valence-corrected chi connectivity index (χ3v) is 6.00. The lowest BCUT2D eigenvalue weighted by Gasteiger charge is -2.35. The summed E-state index contributed by atoms with van der Waals surface area (Å²) in [5, 5.41) is 28.8. The Morgan fingerprint density at radius 1 is 1.32 bits per heavy atom. The first-order valence-electron chi connectivity index (χ1n) is 10.3. The van der Waals surface area contributed by atoms with Crippen LogP contribution in [0.3, 0.4) is 0 Å². The number of anilines is 1. The smallest absolute Gasteiger partial charge is 0.409 e. The topological polar surface area (TPSA) is 133 Å². The van der Waals surface area contributed by atoms with Crippen LogP contribution in [0.1, 0.15) is 36.8 Å². The minimum absolute atomic E-state index is 0.105. The summed E-state index contributed by atoms with van der Waals surface area (Å²) in [5.74, 6) is 0.530. The van der Waals surface area contributed by atoms with Crippen molar-refractivity contribution >= 4 is 22.9 Å². The molecule has 1 unspecified atom stereocenters. The van der Waals surface area contributed by atoms with Crippen molar-refractivity contribution in [2.75, 3.05) is 25.0 Å². The number of amides is 1. The van der Waals surface area contributed by atoms with E-state index < -0.39 is 0 Å². The number of H-pyrrole nitrogens is 1. The zero-order valence-electron chi connectivity index (χ0n) is 17.0. The molecule has 2 aromatic heterocycles. The highest BCUT2D eigenvalue weighted by Crippen LogP contribution is 2.45. The first-order valence-corrected chi connectivity index (χ1v) is 10.3. The zero-order valence-corrected chi connectivity index (χ0v) is 17.0. The van der Waals surface area contributed by atoms with Crippen molar-refractivity contribution in [3.8, 4) is 6.07 Å². The first-order chi connectivity index (χ1) is 15.2. The minimum atomic E-state index is -0.339. The molecule has 1 fully saturated rings. The van der Waals surface area contributed by atoms with Crippen LogP contribution in [0.15, 0.2) is 40.3 Å². The van der Waals surface area contributed by atoms with Crippen LogP contribution in [0.25, 0.3) is 11.0 Å². The molecule has 2 aliphatic heterocycles. The molecule has 158 valence electrons. The van der Waals surface area contributed by atoms with Crippen LogP contribution in [0, 0.1) is 17.2 Å². The van der Waals surface area contributed by atoms with E-state index in [1.165, 1.54) is 0 Å². The second-order valence-electron chi connectivity index (χ2n) is 7.64. The molecule has 1 atom stereocenters. The number of aromatic nitrogens is 4. The average molecular weight is 419 g/mol. The Bertz CT molecular complexity index is 1200. The number of hydrogen-bond donors (Lipinski definition) is 2. The molecule has 31 heavy (non-hydrogen) atoms. The summed E-state index contributed by atoms with van der Waals surface area (Å²) in [6, 6.07) is 8.09. The van der Waals surface area contributed by atoms with Crippen molar-refractivity contribution in [1.82, 2.24) is 25.4 Å². The summed E-state index contributed by atoms with van der Waals surface area (Å²) in [5.41, 5.74) is 4.48. The fraction of sp³-hybridized carbons (Fsp3) is 0.381. The number of likely N-dealkylation sites (tertiary alicyclic amines) is 1. The Morgan fingerprint density at radius 3 is 2.94 bits per heavy atom. The Hall–Kier alpha value is -3.87. The number of fused-ring (bicyclic) bond motifs is 2. The number of carbonyl (C=O) groups excluding carboxylic acids is 1. The van der Waals surface area contributed by atoms with Gasteiger partial charge in [-0.1, -0.05) is 12.1 Å². The molecular weight excluding hydrogens is 398 g/mol. The molecule has 0 aliphatic carbocycles. The predicted molar refractivity (Wildman–Crippen MR) is 110 cm³/mol. The van der Waals surface area contributed by atoms with E-state index in [0.29, 0.717) is 36.3 Å². The van der Waals surface area contributed by atoms with Gasteiger partial charge in [0.15, 0.2) is 0 Å². The van der Waals surface area contributed by atoms with Crippen molar-refractivity contribution < 1.29 is 14.2 Å². The van der Waals surface area contributed by atoms with Gasteiger partial charge in [0.25, 0.3) is 0 Å². The average Bonchev–Trinajstić information content (AvgIpc) is 3.47. The number of hydrogen-bond acceptors (Lipinski definition) is 8. The number of allylic oxidation sites excluding steroid dienone is 2. The molecule has 1 amide bonds. The van der Waals surface area contributed by atoms with Gasteiger partial charge in [-0.3, -0.25) is 5.10 Å². The lowest BCUT2D eigenvalue weighted by atomic mass is 9.78. The van der Waals surface area contributed by atoms with Crippen LogP contribution in [0.5, 0.6) is 0 Å². The number of rotatable bonds is 3. The van der Waals surface area contributed by atoms with Gasteiger partial charge in [-0.15, -0.1) is 0 Å². The third kappa shape index (κ3) is 3.18. The number of piperidine rings is 1. The van der Waals surface area contributed by atoms with E-state index in [1.807, 2.05) is 18.2 Å². The zero-order chi connectivity index (χ0) is 21.4. The van der Waals surface area contributed by atoms with Gasteiger partial charge < -0.3 is 15.0 Å². The highest BCUT2D eigenvalue weighted by atomic mass is 16.6. The summed E-state index contributed by atoms with van der Waals surface area (Å²) < 4.78 is 10.1. The van der Waals surface area contributed by atoms with Crippen molar-refractivity contribution in [2.45, 2.75) is 25.7 Å². The van der Waals surface area contributed by atoms with E-state index in [9.17, 15) is 10.1 Å². The summed E-state index contributed by atoms with van der Waals surface area (Å²) >= 11 is 0. The van der Waals surface area contributed by atoms with Gasteiger partial charge in [-0.05, 0) is 41.7 Å². The van der Waals surface area contributed by atoms with Gasteiger partial charge in [-0.25, -0.2) is 9.42 Å². The maximum Gasteiger partial charge on any atom is 0.409 e. The van der Waals surface area contributed by atoms with E-state index in [1.54, 1.807) is 18.0 Å². The summed E-state index contributed by atoms with van der Waals surface area (Å²) in [6.07, 6.45) is 2.92. The highest BCUT2D eigenvalue weighted by Gasteiger charge is 2.37.